The van der Waals surface area contributed by atoms with Crippen molar-refractivity contribution in [2.24, 2.45) is 0 Å². The van der Waals surface area contributed by atoms with Crippen LogP contribution in [0.5, 0.6) is 0 Å². The lowest BCUT2D eigenvalue weighted by Crippen LogP contribution is -2.44. The summed E-state index contributed by atoms with van der Waals surface area (Å²) in [6.45, 7) is 2.51. The van der Waals surface area contributed by atoms with E-state index >= 15 is 0 Å². The molecule has 3 fully saturated rings. The Labute approximate surface area is 87.0 Å². The molecule has 0 saturated carbocycles. The fraction of sp³-hybridized carbons (Fsp3) is 1.00. The molecule has 0 aromatic rings. The third kappa shape index (κ3) is 1.49. The van der Waals surface area contributed by atoms with Gasteiger partial charge in [0.15, 0.2) is 0 Å². The van der Waals surface area contributed by atoms with Gasteiger partial charge < -0.3 is 5.32 Å². The van der Waals surface area contributed by atoms with E-state index in [1.54, 1.807) is 0 Å². The SMILES string of the molecule is C1CCC(N2C3CCC2CC3)CNC1. The Morgan fingerprint density at radius 2 is 1.50 bits per heavy atom. The predicted molar refractivity (Wildman–Crippen MR) is 58.4 cm³/mol. The first-order valence-corrected chi connectivity index (χ1v) is 6.43. The Kier molecular flexibility index (Phi) is 2.50. The van der Waals surface area contributed by atoms with Gasteiger partial charge in [-0.3, -0.25) is 4.90 Å². The van der Waals surface area contributed by atoms with Crippen molar-refractivity contribution >= 4 is 0 Å². The molecule has 1 atom stereocenters. The van der Waals surface area contributed by atoms with Gasteiger partial charge in [-0.1, -0.05) is 6.42 Å². The molecule has 2 heteroatoms. The lowest BCUT2D eigenvalue weighted by molar-refractivity contribution is 0.167. The van der Waals surface area contributed by atoms with Crippen LogP contribution in [0.4, 0.5) is 0 Å². The number of rotatable bonds is 1. The van der Waals surface area contributed by atoms with Gasteiger partial charge in [0.05, 0.1) is 0 Å². The topological polar surface area (TPSA) is 15.3 Å². The van der Waals surface area contributed by atoms with Crippen molar-refractivity contribution in [3.63, 3.8) is 0 Å². The molecule has 0 spiro atoms. The average molecular weight is 194 g/mol. The summed E-state index contributed by atoms with van der Waals surface area (Å²) in [5.41, 5.74) is 0. The molecule has 14 heavy (non-hydrogen) atoms. The number of nitrogens with one attached hydrogen (secondary N) is 1. The minimum atomic E-state index is 0.873. The van der Waals surface area contributed by atoms with Crippen LogP contribution in [0.15, 0.2) is 0 Å². The van der Waals surface area contributed by atoms with Crippen LogP contribution in [-0.4, -0.2) is 36.1 Å². The van der Waals surface area contributed by atoms with Crippen molar-refractivity contribution in [2.75, 3.05) is 13.1 Å². The Balaban J connectivity index is 1.68. The Bertz CT molecular complexity index is 176. The molecular formula is C12H22N2. The van der Waals surface area contributed by atoms with Gasteiger partial charge in [0, 0.05) is 24.7 Å². The van der Waals surface area contributed by atoms with E-state index in [9.17, 15) is 0 Å². The Morgan fingerprint density at radius 1 is 0.786 bits per heavy atom. The Hall–Kier alpha value is -0.0800. The predicted octanol–water partition coefficient (Wildman–Crippen LogP) is 1.76. The van der Waals surface area contributed by atoms with E-state index < -0.39 is 0 Å². The molecule has 80 valence electrons. The van der Waals surface area contributed by atoms with Crippen molar-refractivity contribution in [1.29, 1.82) is 0 Å². The minimum Gasteiger partial charge on any atom is -0.315 e. The fourth-order valence-corrected chi connectivity index (χ4v) is 3.80. The van der Waals surface area contributed by atoms with Gasteiger partial charge in [-0.25, -0.2) is 0 Å². The van der Waals surface area contributed by atoms with Crippen LogP contribution in [0.2, 0.25) is 0 Å². The second kappa shape index (κ2) is 3.82. The van der Waals surface area contributed by atoms with E-state index in [4.69, 9.17) is 0 Å². The lowest BCUT2D eigenvalue weighted by atomic mass is 10.0. The van der Waals surface area contributed by atoms with Crippen LogP contribution in [0.3, 0.4) is 0 Å². The molecule has 3 rings (SSSR count). The van der Waals surface area contributed by atoms with Crippen molar-refractivity contribution in [3.8, 4) is 0 Å². The van der Waals surface area contributed by atoms with E-state index in [-0.39, 0.29) is 0 Å². The smallest absolute Gasteiger partial charge is 0.0226 e. The standard InChI is InChI=1S/C12H22N2/c1-2-8-13-9-12(3-1)14-10-4-5-11(14)7-6-10/h10-13H,1-9H2. The largest absolute Gasteiger partial charge is 0.315 e. The second-order valence-electron chi connectivity index (χ2n) is 5.26. The van der Waals surface area contributed by atoms with E-state index in [1.165, 1.54) is 58.0 Å². The van der Waals surface area contributed by atoms with Gasteiger partial charge in [0.1, 0.15) is 0 Å². The van der Waals surface area contributed by atoms with Gasteiger partial charge in [0.2, 0.25) is 0 Å². The quantitative estimate of drug-likeness (QED) is 0.684. The fourth-order valence-electron chi connectivity index (χ4n) is 3.80. The summed E-state index contributed by atoms with van der Waals surface area (Å²) < 4.78 is 0. The van der Waals surface area contributed by atoms with Gasteiger partial charge in [-0.2, -0.15) is 0 Å². The molecule has 0 aromatic carbocycles. The van der Waals surface area contributed by atoms with Gasteiger partial charge in [0.25, 0.3) is 0 Å². The summed E-state index contributed by atoms with van der Waals surface area (Å²) in [6.07, 6.45) is 10.2. The minimum absolute atomic E-state index is 0.873. The summed E-state index contributed by atoms with van der Waals surface area (Å²) in [5.74, 6) is 0. The Morgan fingerprint density at radius 3 is 2.21 bits per heavy atom. The third-order valence-electron chi connectivity index (χ3n) is 4.45. The lowest BCUT2D eigenvalue weighted by Gasteiger charge is -2.31. The highest BCUT2D eigenvalue weighted by molar-refractivity contribution is 4.98. The third-order valence-corrected chi connectivity index (χ3v) is 4.45. The molecule has 3 heterocycles. The van der Waals surface area contributed by atoms with E-state index in [0.717, 1.165) is 18.1 Å². The van der Waals surface area contributed by atoms with E-state index in [0.29, 0.717) is 0 Å². The van der Waals surface area contributed by atoms with Crippen molar-refractivity contribution in [1.82, 2.24) is 10.2 Å². The highest BCUT2D eigenvalue weighted by Crippen LogP contribution is 2.39. The number of nitrogens with zero attached hydrogens (tertiary/aromatic N) is 1. The number of hydrogen-bond donors (Lipinski definition) is 1. The van der Waals surface area contributed by atoms with Crippen molar-refractivity contribution in [2.45, 2.75) is 63.1 Å². The molecule has 0 radical (unpaired) electrons. The molecule has 0 aromatic heterocycles. The zero-order chi connectivity index (χ0) is 9.38. The van der Waals surface area contributed by atoms with Crippen molar-refractivity contribution < 1.29 is 0 Å². The van der Waals surface area contributed by atoms with Gasteiger partial charge >= 0.3 is 0 Å². The van der Waals surface area contributed by atoms with Crippen LogP contribution in [-0.2, 0) is 0 Å². The average Bonchev–Trinajstić information content (AvgIpc) is 2.69. The van der Waals surface area contributed by atoms with E-state index in [1.807, 2.05) is 0 Å². The molecule has 2 nitrogen and oxygen atoms in total. The maximum Gasteiger partial charge on any atom is 0.0226 e. The first-order chi connectivity index (χ1) is 6.95. The first-order valence-electron chi connectivity index (χ1n) is 6.43. The molecule has 0 amide bonds. The van der Waals surface area contributed by atoms with E-state index in [2.05, 4.69) is 10.2 Å². The first kappa shape index (κ1) is 9.17. The highest BCUT2D eigenvalue weighted by atomic mass is 15.3. The zero-order valence-corrected chi connectivity index (χ0v) is 9.04. The molecule has 1 N–H and O–H groups in total. The number of hydrogen-bond acceptors (Lipinski definition) is 2. The summed E-state index contributed by atoms with van der Waals surface area (Å²) in [6, 6.07) is 2.80. The molecule has 0 aliphatic carbocycles. The molecule has 2 bridgehead atoms. The van der Waals surface area contributed by atoms with Crippen LogP contribution in [0.1, 0.15) is 44.9 Å². The monoisotopic (exact) mass is 194 g/mol. The summed E-state index contributed by atoms with van der Waals surface area (Å²) in [7, 11) is 0. The van der Waals surface area contributed by atoms with Crippen LogP contribution in [0.25, 0.3) is 0 Å². The second-order valence-corrected chi connectivity index (χ2v) is 5.26. The van der Waals surface area contributed by atoms with Crippen LogP contribution in [0, 0.1) is 0 Å². The maximum atomic E-state index is 3.60. The maximum absolute atomic E-state index is 3.60. The molecule has 3 saturated heterocycles. The molecule has 1 unspecified atom stereocenters. The van der Waals surface area contributed by atoms with Gasteiger partial charge in [-0.05, 0) is 45.1 Å². The summed E-state index contributed by atoms with van der Waals surface area (Å²) in [4.78, 5) is 2.87. The summed E-state index contributed by atoms with van der Waals surface area (Å²) >= 11 is 0. The zero-order valence-electron chi connectivity index (χ0n) is 9.04. The molecule has 3 aliphatic heterocycles. The molecule has 3 aliphatic rings. The van der Waals surface area contributed by atoms with Crippen LogP contribution < -0.4 is 5.32 Å². The van der Waals surface area contributed by atoms with Crippen molar-refractivity contribution in [3.05, 3.63) is 0 Å². The highest BCUT2D eigenvalue weighted by Gasteiger charge is 2.42. The molecular weight excluding hydrogens is 172 g/mol. The summed E-state index contributed by atoms with van der Waals surface area (Å²) in [5, 5.41) is 3.60. The van der Waals surface area contributed by atoms with Gasteiger partial charge in [-0.15, -0.1) is 0 Å². The number of fused-ring (bicyclic) bond motifs is 2. The normalized spacial score (nSPS) is 44.1. The van der Waals surface area contributed by atoms with Crippen LogP contribution >= 0.6 is 0 Å².